The van der Waals surface area contributed by atoms with Crippen LogP contribution < -0.4 is 5.32 Å². The second-order valence-corrected chi connectivity index (χ2v) is 9.98. The summed E-state index contributed by atoms with van der Waals surface area (Å²) in [7, 11) is -3.81. The molecule has 0 bridgehead atoms. The second-order valence-electron chi connectivity index (χ2n) is 8.07. The van der Waals surface area contributed by atoms with Crippen LogP contribution in [0.25, 0.3) is 10.8 Å². The third kappa shape index (κ3) is 4.07. The molecule has 3 aromatic carbocycles. The summed E-state index contributed by atoms with van der Waals surface area (Å²) in [6.07, 6.45) is 3.21. The van der Waals surface area contributed by atoms with Crippen LogP contribution in [0, 0.1) is 11.6 Å². The van der Waals surface area contributed by atoms with E-state index in [9.17, 15) is 17.2 Å². The Morgan fingerprint density at radius 3 is 2.52 bits per heavy atom. The molecule has 1 fully saturated rings. The first-order valence-electron chi connectivity index (χ1n) is 10.5. The van der Waals surface area contributed by atoms with E-state index in [4.69, 9.17) is 0 Å². The van der Waals surface area contributed by atoms with Crippen LogP contribution in [-0.2, 0) is 10.0 Å². The molecule has 1 N–H and O–H groups in total. The fraction of sp³-hybridized carbons (Fsp3) is 0.160. The molecule has 4 aromatic rings. The Morgan fingerprint density at radius 1 is 0.909 bits per heavy atom. The lowest BCUT2D eigenvalue weighted by atomic mass is 9.94. The average Bonchev–Trinajstić information content (AvgIpc) is 3.26. The third-order valence-electron chi connectivity index (χ3n) is 6.04. The minimum atomic E-state index is -3.81. The van der Waals surface area contributed by atoms with Crippen molar-refractivity contribution in [1.29, 1.82) is 0 Å². The summed E-state index contributed by atoms with van der Waals surface area (Å²) in [5.41, 5.74) is 1.37. The number of anilines is 1. The van der Waals surface area contributed by atoms with E-state index >= 15 is 0 Å². The summed E-state index contributed by atoms with van der Waals surface area (Å²) < 4.78 is 56.0. The molecule has 1 aliphatic heterocycles. The van der Waals surface area contributed by atoms with Crippen LogP contribution in [0.2, 0.25) is 0 Å². The Balaban J connectivity index is 1.51. The minimum absolute atomic E-state index is 0.175. The van der Waals surface area contributed by atoms with Crippen LogP contribution in [0.15, 0.2) is 90.1 Å². The van der Waals surface area contributed by atoms with Gasteiger partial charge in [-0.15, -0.1) is 0 Å². The number of pyridine rings is 1. The number of nitrogens with one attached hydrogen (secondary N) is 1. The van der Waals surface area contributed by atoms with Gasteiger partial charge >= 0.3 is 0 Å². The molecule has 2 heterocycles. The molecule has 2 atom stereocenters. The molecule has 1 aromatic heterocycles. The Hall–Kier alpha value is -3.36. The highest BCUT2D eigenvalue weighted by Crippen LogP contribution is 2.35. The van der Waals surface area contributed by atoms with Crippen molar-refractivity contribution in [3.05, 3.63) is 102 Å². The number of benzene rings is 3. The Labute approximate surface area is 190 Å². The van der Waals surface area contributed by atoms with E-state index in [1.807, 2.05) is 36.4 Å². The number of sulfonamides is 1. The van der Waals surface area contributed by atoms with Gasteiger partial charge in [0.2, 0.25) is 10.0 Å². The standard InChI is InChI=1S/C25H21F2N3O2S/c26-22-10-9-19(13-23(22)27)29-24-16-30(15-21(24)17-5-2-1-3-6-17)33(31,32)25-8-4-7-18-14-28-12-11-20(18)25/h1-14,21,24,29H,15-16H2/t21-,24+/m0/s1. The molecule has 1 saturated heterocycles. The van der Waals surface area contributed by atoms with E-state index in [2.05, 4.69) is 10.3 Å². The Morgan fingerprint density at radius 2 is 1.73 bits per heavy atom. The monoisotopic (exact) mass is 465 g/mol. The summed E-state index contributed by atoms with van der Waals surface area (Å²) in [5, 5.41) is 4.58. The van der Waals surface area contributed by atoms with Crippen LogP contribution in [0.4, 0.5) is 14.5 Å². The van der Waals surface area contributed by atoms with Crippen molar-refractivity contribution >= 4 is 26.5 Å². The van der Waals surface area contributed by atoms with Gasteiger partial charge in [-0.1, -0.05) is 42.5 Å². The largest absolute Gasteiger partial charge is 0.380 e. The molecular weight excluding hydrogens is 444 g/mol. The van der Waals surface area contributed by atoms with Crippen molar-refractivity contribution in [1.82, 2.24) is 9.29 Å². The van der Waals surface area contributed by atoms with Crippen LogP contribution in [-0.4, -0.2) is 36.8 Å². The number of nitrogens with zero attached hydrogens (tertiary/aromatic N) is 2. The van der Waals surface area contributed by atoms with Gasteiger partial charge in [-0.3, -0.25) is 4.98 Å². The number of rotatable bonds is 5. The zero-order valence-corrected chi connectivity index (χ0v) is 18.3. The molecule has 1 aliphatic rings. The van der Waals surface area contributed by atoms with Gasteiger partial charge < -0.3 is 5.32 Å². The zero-order valence-electron chi connectivity index (χ0n) is 17.5. The highest BCUT2D eigenvalue weighted by Gasteiger charge is 2.40. The van der Waals surface area contributed by atoms with E-state index in [0.717, 1.165) is 23.1 Å². The number of halogens is 2. The summed E-state index contributed by atoms with van der Waals surface area (Å²) in [6, 6.07) is 19.7. The number of hydrogen-bond donors (Lipinski definition) is 1. The van der Waals surface area contributed by atoms with E-state index < -0.39 is 21.7 Å². The van der Waals surface area contributed by atoms with Gasteiger partial charge in [0.1, 0.15) is 0 Å². The molecular formula is C25H21F2N3O2S. The van der Waals surface area contributed by atoms with Gasteiger partial charge in [0.25, 0.3) is 0 Å². The maximum Gasteiger partial charge on any atom is 0.243 e. The lowest BCUT2D eigenvalue weighted by molar-refractivity contribution is 0.472. The molecule has 0 aliphatic carbocycles. The molecule has 0 spiro atoms. The van der Waals surface area contributed by atoms with Gasteiger partial charge in [-0.25, -0.2) is 17.2 Å². The van der Waals surface area contributed by atoms with Crippen molar-refractivity contribution in [3.63, 3.8) is 0 Å². The first-order valence-corrected chi connectivity index (χ1v) is 12.0. The molecule has 8 heteroatoms. The summed E-state index contributed by atoms with van der Waals surface area (Å²) in [6.45, 7) is 0.442. The van der Waals surface area contributed by atoms with Gasteiger partial charge in [-0.2, -0.15) is 4.31 Å². The number of fused-ring (bicyclic) bond motifs is 1. The van der Waals surface area contributed by atoms with Crippen molar-refractivity contribution in [3.8, 4) is 0 Å². The summed E-state index contributed by atoms with van der Waals surface area (Å²) in [5.74, 6) is -2.06. The quantitative estimate of drug-likeness (QED) is 0.461. The second kappa shape index (κ2) is 8.53. The van der Waals surface area contributed by atoms with Crippen molar-refractivity contribution in [2.45, 2.75) is 16.9 Å². The molecule has 5 rings (SSSR count). The predicted octanol–water partition coefficient (Wildman–Crippen LogP) is 4.78. The molecule has 0 saturated carbocycles. The normalized spacial score (nSPS) is 19.1. The van der Waals surface area contributed by atoms with Gasteiger partial charge in [-0.05, 0) is 29.8 Å². The van der Waals surface area contributed by atoms with Gasteiger partial charge in [0.05, 0.1) is 4.90 Å². The summed E-state index contributed by atoms with van der Waals surface area (Å²) in [4.78, 5) is 4.31. The first-order chi connectivity index (χ1) is 15.9. The number of hydrogen-bond acceptors (Lipinski definition) is 4. The van der Waals surface area contributed by atoms with Crippen molar-refractivity contribution in [2.24, 2.45) is 0 Å². The molecule has 168 valence electrons. The topological polar surface area (TPSA) is 62.3 Å². The lowest BCUT2D eigenvalue weighted by Gasteiger charge is -2.21. The minimum Gasteiger partial charge on any atom is -0.380 e. The van der Waals surface area contributed by atoms with Crippen molar-refractivity contribution < 1.29 is 17.2 Å². The number of aromatic nitrogens is 1. The lowest BCUT2D eigenvalue weighted by Crippen LogP contribution is -2.32. The van der Waals surface area contributed by atoms with E-state index in [-0.39, 0.29) is 29.9 Å². The summed E-state index contributed by atoms with van der Waals surface area (Å²) >= 11 is 0. The fourth-order valence-corrected chi connectivity index (χ4v) is 6.11. The first kappa shape index (κ1) is 21.5. The average molecular weight is 466 g/mol. The SMILES string of the molecule is O=S(=O)(c1cccc2cnccc12)N1C[C@@H](Nc2ccc(F)c(F)c2)[C@H](c2ccccc2)C1. The highest BCUT2D eigenvalue weighted by molar-refractivity contribution is 7.89. The maximum absolute atomic E-state index is 13.8. The van der Waals surface area contributed by atoms with Crippen LogP contribution in [0.1, 0.15) is 11.5 Å². The molecule has 0 unspecified atom stereocenters. The molecule has 0 amide bonds. The third-order valence-corrected chi connectivity index (χ3v) is 7.93. The predicted molar refractivity (Wildman–Crippen MR) is 123 cm³/mol. The van der Waals surface area contributed by atoms with E-state index in [1.54, 1.807) is 30.6 Å². The molecule has 33 heavy (non-hydrogen) atoms. The zero-order chi connectivity index (χ0) is 23.0. The van der Waals surface area contributed by atoms with Crippen LogP contribution in [0.5, 0.6) is 0 Å². The van der Waals surface area contributed by atoms with Crippen LogP contribution in [0.3, 0.4) is 0 Å². The molecule has 0 radical (unpaired) electrons. The Bertz CT molecular complexity index is 1410. The molecule has 5 nitrogen and oxygen atoms in total. The smallest absolute Gasteiger partial charge is 0.243 e. The fourth-order valence-electron chi connectivity index (χ4n) is 4.41. The van der Waals surface area contributed by atoms with Gasteiger partial charge in [0.15, 0.2) is 11.6 Å². The Kier molecular flexibility index (Phi) is 5.55. The van der Waals surface area contributed by atoms with E-state index in [0.29, 0.717) is 11.1 Å². The van der Waals surface area contributed by atoms with E-state index in [1.165, 1.54) is 10.4 Å². The highest BCUT2D eigenvalue weighted by atomic mass is 32.2. The van der Waals surface area contributed by atoms with Gasteiger partial charge in [0, 0.05) is 60.0 Å². The van der Waals surface area contributed by atoms with Crippen LogP contribution >= 0.6 is 0 Å². The van der Waals surface area contributed by atoms with Crippen molar-refractivity contribution in [2.75, 3.05) is 18.4 Å². The maximum atomic E-state index is 13.8.